The molecule has 0 spiro atoms. The molecule has 0 heterocycles. The predicted molar refractivity (Wildman–Crippen MR) is 82.7 cm³/mol. The number of hydrogen-bond donors (Lipinski definition) is 2. The monoisotopic (exact) mass is 288 g/mol. The minimum Gasteiger partial charge on any atom is -0.487 e. The van der Waals surface area contributed by atoms with Gasteiger partial charge in [0.15, 0.2) is 0 Å². The molecule has 0 aromatic heterocycles. The Hall–Kier alpha value is -2.00. The fourth-order valence-corrected chi connectivity index (χ4v) is 2.33. The molecule has 3 N–H and O–H groups in total. The zero-order chi connectivity index (χ0) is 14.7. The van der Waals surface area contributed by atoms with E-state index in [4.69, 9.17) is 27.5 Å². The van der Waals surface area contributed by atoms with E-state index >= 15 is 0 Å². The molecule has 2 aromatic rings. The molecule has 0 fully saturated rings. The molecule has 0 atom stereocenters. The molecular weight excluding hydrogens is 272 g/mol. The average Bonchev–Trinajstić information content (AvgIpc) is 2.36. The maximum atomic E-state index is 7.36. The molecular formula is C16H17ClN2O. The van der Waals surface area contributed by atoms with E-state index in [1.165, 1.54) is 11.1 Å². The minimum atomic E-state index is -0.00670. The second-order valence-electron chi connectivity index (χ2n) is 4.84. The summed E-state index contributed by atoms with van der Waals surface area (Å²) in [7, 11) is 0. The van der Waals surface area contributed by atoms with Crippen molar-refractivity contribution >= 4 is 17.4 Å². The van der Waals surface area contributed by atoms with Crippen molar-refractivity contribution in [3.63, 3.8) is 0 Å². The standard InChI is InChI=1S/C16H17ClN2O/c1-10-5-11(2)7-12(6-10)9-20-15-4-3-13(16(18)19)8-14(15)17/h3-8H,9H2,1-2H3,(H3,18,19). The molecule has 3 nitrogen and oxygen atoms in total. The number of rotatable bonds is 4. The number of halogens is 1. The number of ether oxygens (including phenoxy) is 1. The Kier molecular flexibility index (Phi) is 4.30. The third-order valence-electron chi connectivity index (χ3n) is 2.92. The van der Waals surface area contributed by atoms with E-state index in [0.29, 0.717) is 22.9 Å². The van der Waals surface area contributed by atoms with Crippen LogP contribution in [0.15, 0.2) is 36.4 Å². The molecule has 0 saturated carbocycles. The SMILES string of the molecule is Cc1cc(C)cc(COc2ccc(C(=N)N)cc2Cl)c1. The summed E-state index contributed by atoms with van der Waals surface area (Å²) in [6, 6.07) is 11.4. The van der Waals surface area contributed by atoms with Crippen LogP contribution in [0.2, 0.25) is 5.02 Å². The first-order chi connectivity index (χ1) is 9.45. The van der Waals surface area contributed by atoms with Crippen LogP contribution in [0.1, 0.15) is 22.3 Å². The van der Waals surface area contributed by atoms with Crippen LogP contribution >= 0.6 is 11.6 Å². The van der Waals surface area contributed by atoms with Crippen LogP contribution < -0.4 is 10.5 Å². The molecule has 0 aliphatic heterocycles. The maximum absolute atomic E-state index is 7.36. The van der Waals surface area contributed by atoms with Crippen molar-refractivity contribution in [1.82, 2.24) is 0 Å². The molecule has 0 saturated heterocycles. The van der Waals surface area contributed by atoms with Crippen LogP contribution in [0.3, 0.4) is 0 Å². The van der Waals surface area contributed by atoms with Crippen molar-refractivity contribution in [2.75, 3.05) is 0 Å². The van der Waals surface area contributed by atoms with E-state index in [1.54, 1.807) is 18.2 Å². The Morgan fingerprint density at radius 1 is 1.15 bits per heavy atom. The van der Waals surface area contributed by atoms with Crippen molar-refractivity contribution in [3.05, 3.63) is 63.7 Å². The van der Waals surface area contributed by atoms with Crippen molar-refractivity contribution in [2.24, 2.45) is 5.73 Å². The van der Waals surface area contributed by atoms with Crippen molar-refractivity contribution in [3.8, 4) is 5.75 Å². The van der Waals surface area contributed by atoms with Gasteiger partial charge in [-0.3, -0.25) is 5.41 Å². The summed E-state index contributed by atoms with van der Waals surface area (Å²) in [6.45, 7) is 4.58. The number of nitrogen functional groups attached to an aromatic ring is 1. The number of benzene rings is 2. The van der Waals surface area contributed by atoms with Crippen molar-refractivity contribution in [1.29, 1.82) is 5.41 Å². The first kappa shape index (κ1) is 14.4. The van der Waals surface area contributed by atoms with Gasteiger partial charge in [-0.2, -0.15) is 0 Å². The van der Waals surface area contributed by atoms with Crippen LogP contribution in [0, 0.1) is 19.3 Å². The van der Waals surface area contributed by atoms with Gasteiger partial charge >= 0.3 is 0 Å². The summed E-state index contributed by atoms with van der Waals surface area (Å²) in [6.07, 6.45) is 0. The first-order valence-electron chi connectivity index (χ1n) is 6.29. The highest BCUT2D eigenvalue weighted by atomic mass is 35.5. The molecule has 104 valence electrons. The van der Waals surface area contributed by atoms with E-state index in [0.717, 1.165) is 5.56 Å². The van der Waals surface area contributed by atoms with Crippen molar-refractivity contribution in [2.45, 2.75) is 20.5 Å². The van der Waals surface area contributed by atoms with E-state index in [1.807, 2.05) is 0 Å². The molecule has 2 rings (SSSR count). The zero-order valence-electron chi connectivity index (χ0n) is 11.5. The van der Waals surface area contributed by atoms with E-state index in [9.17, 15) is 0 Å². The quantitative estimate of drug-likeness (QED) is 0.664. The number of nitrogens with two attached hydrogens (primary N) is 1. The average molecular weight is 289 g/mol. The van der Waals surface area contributed by atoms with E-state index < -0.39 is 0 Å². The highest BCUT2D eigenvalue weighted by molar-refractivity contribution is 6.32. The molecule has 0 amide bonds. The molecule has 0 unspecified atom stereocenters. The Balaban J connectivity index is 2.12. The highest BCUT2D eigenvalue weighted by Crippen LogP contribution is 2.26. The smallest absolute Gasteiger partial charge is 0.138 e. The van der Waals surface area contributed by atoms with Gasteiger partial charge in [0.2, 0.25) is 0 Å². The Labute approximate surface area is 123 Å². The highest BCUT2D eigenvalue weighted by Gasteiger charge is 2.05. The summed E-state index contributed by atoms with van der Waals surface area (Å²) in [5.74, 6) is 0.587. The van der Waals surface area contributed by atoms with Gasteiger partial charge in [0.25, 0.3) is 0 Å². The third-order valence-corrected chi connectivity index (χ3v) is 3.21. The van der Waals surface area contributed by atoms with Crippen LogP contribution in [-0.2, 0) is 6.61 Å². The van der Waals surface area contributed by atoms with Gasteiger partial charge in [-0.1, -0.05) is 40.9 Å². The molecule has 4 heteroatoms. The third kappa shape index (κ3) is 3.52. The lowest BCUT2D eigenvalue weighted by molar-refractivity contribution is 0.306. The minimum absolute atomic E-state index is 0.00670. The summed E-state index contributed by atoms with van der Waals surface area (Å²) in [5, 5.41) is 7.82. The molecule has 2 aromatic carbocycles. The van der Waals surface area contributed by atoms with Gasteiger partial charge in [-0.05, 0) is 37.6 Å². The molecule has 0 radical (unpaired) electrons. The van der Waals surface area contributed by atoms with Crippen LogP contribution in [0.4, 0.5) is 0 Å². The van der Waals surface area contributed by atoms with Crippen LogP contribution in [0.5, 0.6) is 5.75 Å². The summed E-state index contributed by atoms with van der Waals surface area (Å²) in [4.78, 5) is 0. The van der Waals surface area contributed by atoms with E-state index in [-0.39, 0.29) is 5.84 Å². The Morgan fingerprint density at radius 3 is 2.35 bits per heavy atom. The van der Waals surface area contributed by atoms with Crippen molar-refractivity contribution < 1.29 is 4.74 Å². The largest absolute Gasteiger partial charge is 0.487 e. The molecule has 0 aliphatic rings. The normalized spacial score (nSPS) is 10.3. The number of amidine groups is 1. The number of nitrogens with one attached hydrogen (secondary N) is 1. The Morgan fingerprint density at radius 2 is 1.80 bits per heavy atom. The van der Waals surface area contributed by atoms with Gasteiger partial charge < -0.3 is 10.5 Å². The van der Waals surface area contributed by atoms with Crippen LogP contribution in [0.25, 0.3) is 0 Å². The zero-order valence-corrected chi connectivity index (χ0v) is 12.3. The Bertz CT molecular complexity index is 633. The topological polar surface area (TPSA) is 59.1 Å². The summed E-state index contributed by atoms with van der Waals surface area (Å²) in [5.41, 5.74) is 9.53. The van der Waals surface area contributed by atoms with E-state index in [2.05, 4.69) is 32.0 Å². The van der Waals surface area contributed by atoms with Gasteiger partial charge in [0.1, 0.15) is 18.2 Å². The maximum Gasteiger partial charge on any atom is 0.138 e. The first-order valence-corrected chi connectivity index (χ1v) is 6.67. The number of hydrogen-bond acceptors (Lipinski definition) is 2. The fourth-order valence-electron chi connectivity index (χ4n) is 2.10. The fraction of sp³-hybridized carbons (Fsp3) is 0.188. The van der Waals surface area contributed by atoms with Crippen LogP contribution in [-0.4, -0.2) is 5.84 Å². The van der Waals surface area contributed by atoms with Gasteiger partial charge in [0.05, 0.1) is 5.02 Å². The summed E-state index contributed by atoms with van der Waals surface area (Å²) >= 11 is 6.13. The predicted octanol–water partition coefficient (Wildman–Crippen LogP) is 3.82. The lowest BCUT2D eigenvalue weighted by Gasteiger charge is -2.10. The molecule has 0 aliphatic carbocycles. The molecule has 0 bridgehead atoms. The van der Waals surface area contributed by atoms with Gasteiger partial charge in [0, 0.05) is 5.56 Å². The second kappa shape index (κ2) is 5.97. The molecule has 20 heavy (non-hydrogen) atoms. The lowest BCUT2D eigenvalue weighted by atomic mass is 10.1. The lowest BCUT2D eigenvalue weighted by Crippen LogP contribution is -2.10. The number of aryl methyl sites for hydroxylation is 2. The van der Waals surface area contributed by atoms with Gasteiger partial charge in [-0.25, -0.2) is 0 Å². The second-order valence-corrected chi connectivity index (χ2v) is 5.25. The van der Waals surface area contributed by atoms with Gasteiger partial charge in [-0.15, -0.1) is 0 Å². The summed E-state index contributed by atoms with van der Waals surface area (Å²) < 4.78 is 5.72.